The number of carbonyl (C=O) groups is 1. The van der Waals surface area contributed by atoms with Gasteiger partial charge in [0.05, 0.1) is 0 Å². The molecule has 1 unspecified atom stereocenters. The molecule has 1 aliphatic rings. The summed E-state index contributed by atoms with van der Waals surface area (Å²) in [6.45, 7) is 3.01. The number of benzene rings is 1. The van der Waals surface area contributed by atoms with Gasteiger partial charge in [-0.3, -0.25) is 4.79 Å². The number of carbonyl (C=O) groups excluding carboxylic acids is 1. The molecule has 1 amide bonds. The van der Waals surface area contributed by atoms with Gasteiger partial charge in [-0.25, -0.2) is 0 Å². The molecule has 0 saturated heterocycles. The van der Waals surface area contributed by atoms with Gasteiger partial charge in [-0.1, -0.05) is 18.2 Å². The topological polar surface area (TPSA) is 55.1 Å². The summed E-state index contributed by atoms with van der Waals surface area (Å²) >= 11 is 0. The summed E-state index contributed by atoms with van der Waals surface area (Å²) < 4.78 is 0. The molecule has 0 saturated carbocycles. The van der Waals surface area contributed by atoms with Crippen LogP contribution in [0.15, 0.2) is 18.2 Å². The Labute approximate surface area is 115 Å². The molecule has 0 heterocycles. The van der Waals surface area contributed by atoms with Crippen molar-refractivity contribution in [2.45, 2.75) is 51.5 Å². The van der Waals surface area contributed by atoms with Crippen molar-refractivity contribution in [3.63, 3.8) is 0 Å². The molecule has 0 aliphatic heterocycles. The first-order chi connectivity index (χ1) is 9.16. The zero-order valence-corrected chi connectivity index (χ0v) is 11.7. The standard InChI is InChI=1S/C16H24N2O/c1-12(18-10-4-7-16(17)19)14-9-8-13-5-2-3-6-15(13)11-14/h8-9,11-12,18H,2-7,10H2,1H3,(H2,17,19). The zero-order chi connectivity index (χ0) is 13.7. The molecule has 0 bridgehead atoms. The molecule has 0 aromatic heterocycles. The first kappa shape index (κ1) is 14.1. The van der Waals surface area contributed by atoms with Gasteiger partial charge in [0.1, 0.15) is 0 Å². The molecule has 2 rings (SSSR count). The number of hydrogen-bond acceptors (Lipinski definition) is 2. The molecule has 3 N–H and O–H groups in total. The molecule has 1 aromatic rings. The smallest absolute Gasteiger partial charge is 0.217 e. The second kappa shape index (κ2) is 6.71. The van der Waals surface area contributed by atoms with Crippen molar-refractivity contribution in [2.75, 3.05) is 6.54 Å². The van der Waals surface area contributed by atoms with Crippen LogP contribution in [0.2, 0.25) is 0 Å². The van der Waals surface area contributed by atoms with E-state index in [2.05, 4.69) is 30.4 Å². The number of aryl methyl sites for hydroxylation is 2. The highest BCUT2D eigenvalue weighted by molar-refractivity contribution is 5.73. The fourth-order valence-electron chi connectivity index (χ4n) is 2.72. The van der Waals surface area contributed by atoms with Gasteiger partial charge in [0.15, 0.2) is 0 Å². The third-order valence-electron chi connectivity index (χ3n) is 3.92. The Morgan fingerprint density at radius 2 is 2.05 bits per heavy atom. The number of fused-ring (bicyclic) bond motifs is 1. The maximum Gasteiger partial charge on any atom is 0.217 e. The molecule has 0 fully saturated rings. The summed E-state index contributed by atoms with van der Waals surface area (Å²) in [6.07, 6.45) is 6.37. The molecule has 0 spiro atoms. The first-order valence-corrected chi connectivity index (χ1v) is 7.30. The Morgan fingerprint density at radius 1 is 1.32 bits per heavy atom. The van der Waals surface area contributed by atoms with Gasteiger partial charge >= 0.3 is 0 Å². The van der Waals surface area contributed by atoms with E-state index in [1.807, 2.05) is 0 Å². The van der Waals surface area contributed by atoms with Crippen molar-refractivity contribution in [3.05, 3.63) is 34.9 Å². The van der Waals surface area contributed by atoms with E-state index in [0.717, 1.165) is 13.0 Å². The Morgan fingerprint density at radius 3 is 2.79 bits per heavy atom. The average Bonchev–Trinajstić information content (AvgIpc) is 2.42. The van der Waals surface area contributed by atoms with Gasteiger partial charge in [0.2, 0.25) is 5.91 Å². The second-order valence-corrected chi connectivity index (χ2v) is 5.48. The van der Waals surface area contributed by atoms with Crippen LogP contribution in [0, 0.1) is 0 Å². The highest BCUT2D eigenvalue weighted by Gasteiger charge is 2.12. The van der Waals surface area contributed by atoms with Crippen LogP contribution in [0.25, 0.3) is 0 Å². The van der Waals surface area contributed by atoms with Gasteiger partial charge < -0.3 is 11.1 Å². The Balaban J connectivity index is 1.88. The van der Waals surface area contributed by atoms with Gasteiger partial charge in [-0.05, 0) is 62.3 Å². The molecule has 1 atom stereocenters. The molecule has 3 heteroatoms. The van der Waals surface area contributed by atoms with Crippen LogP contribution in [0.1, 0.15) is 55.3 Å². The molecule has 104 valence electrons. The van der Waals surface area contributed by atoms with Crippen molar-refractivity contribution in [2.24, 2.45) is 5.73 Å². The summed E-state index contributed by atoms with van der Waals surface area (Å²) in [4.78, 5) is 10.7. The van der Waals surface area contributed by atoms with E-state index in [4.69, 9.17) is 5.73 Å². The van der Waals surface area contributed by atoms with E-state index in [9.17, 15) is 4.79 Å². The molecular formula is C16H24N2O. The van der Waals surface area contributed by atoms with Crippen LogP contribution in [0.3, 0.4) is 0 Å². The van der Waals surface area contributed by atoms with E-state index in [-0.39, 0.29) is 5.91 Å². The van der Waals surface area contributed by atoms with Gasteiger partial charge in [0.25, 0.3) is 0 Å². The van der Waals surface area contributed by atoms with Gasteiger partial charge in [-0.15, -0.1) is 0 Å². The molecule has 1 aliphatic carbocycles. The lowest BCUT2D eigenvalue weighted by atomic mass is 9.89. The van der Waals surface area contributed by atoms with Gasteiger partial charge in [-0.2, -0.15) is 0 Å². The predicted octanol–water partition coefficient (Wildman–Crippen LogP) is 2.48. The quantitative estimate of drug-likeness (QED) is 0.772. The average molecular weight is 260 g/mol. The first-order valence-electron chi connectivity index (χ1n) is 7.30. The van der Waals surface area contributed by atoms with Crippen molar-refractivity contribution >= 4 is 5.91 Å². The van der Waals surface area contributed by atoms with Crippen LogP contribution < -0.4 is 11.1 Å². The summed E-state index contributed by atoms with van der Waals surface area (Å²) in [5.41, 5.74) is 9.52. The normalized spacial score (nSPS) is 15.8. The third kappa shape index (κ3) is 4.06. The fraction of sp³-hybridized carbons (Fsp3) is 0.562. The Bertz CT molecular complexity index is 442. The largest absolute Gasteiger partial charge is 0.370 e. The highest BCUT2D eigenvalue weighted by atomic mass is 16.1. The summed E-state index contributed by atoms with van der Waals surface area (Å²) in [6, 6.07) is 7.20. The van der Waals surface area contributed by atoms with Gasteiger partial charge in [0, 0.05) is 12.5 Å². The number of nitrogens with one attached hydrogen (secondary N) is 1. The summed E-state index contributed by atoms with van der Waals surface area (Å²) in [7, 11) is 0. The maximum absolute atomic E-state index is 10.7. The number of nitrogens with two attached hydrogens (primary N) is 1. The summed E-state index contributed by atoms with van der Waals surface area (Å²) in [5.74, 6) is -0.219. The third-order valence-corrected chi connectivity index (χ3v) is 3.92. The molecular weight excluding hydrogens is 236 g/mol. The zero-order valence-electron chi connectivity index (χ0n) is 11.7. The lowest BCUT2D eigenvalue weighted by Gasteiger charge is -2.20. The van der Waals surface area contributed by atoms with Crippen LogP contribution in [0.5, 0.6) is 0 Å². The monoisotopic (exact) mass is 260 g/mol. The van der Waals surface area contributed by atoms with E-state index in [1.165, 1.54) is 42.4 Å². The molecule has 1 aromatic carbocycles. The van der Waals surface area contributed by atoms with E-state index >= 15 is 0 Å². The number of primary amides is 1. The number of rotatable bonds is 6. The Kier molecular flexibility index (Phi) is 4.97. The lowest BCUT2D eigenvalue weighted by molar-refractivity contribution is -0.118. The predicted molar refractivity (Wildman–Crippen MR) is 77.9 cm³/mol. The van der Waals surface area contributed by atoms with Crippen molar-refractivity contribution in [1.82, 2.24) is 5.32 Å². The summed E-state index contributed by atoms with van der Waals surface area (Å²) in [5, 5.41) is 3.45. The number of amides is 1. The van der Waals surface area contributed by atoms with E-state index in [0.29, 0.717) is 12.5 Å². The van der Waals surface area contributed by atoms with Crippen LogP contribution in [-0.4, -0.2) is 12.5 Å². The second-order valence-electron chi connectivity index (χ2n) is 5.48. The molecule has 3 nitrogen and oxygen atoms in total. The van der Waals surface area contributed by atoms with E-state index in [1.54, 1.807) is 0 Å². The van der Waals surface area contributed by atoms with Crippen LogP contribution >= 0.6 is 0 Å². The van der Waals surface area contributed by atoms with Crippen molar-refractivity contribution in [3.8, 4) is 0 Å². The van der Waals surface area contributed by atoms with Crippen LogP contribution in [0.4, 0.5) is 0 Å². The SMILES string of the molecule is CC(NCCCC(N)=O)c1ccc2c(c1)CCCC2. The maximum atomic E-state index is 10.7. The van der Waals surface area contributed by atoms with Crippen molar-refractivity contribution in [1.29, 1.82) is 0 Å². The lowest BCUT2D eigenvalue weighted by Crippen LogP contribution is -2.22. The minimum Gasteiger partial charge on any atom is -0.370 e. The molecule has 19 heavy (non-hydrogen) atoms. The number of hydrogen-bond donors (Lipinski definition) is 2. The highest BCUT2D eigenvalue weighted by Crippen LogP contribution is 2.24. The van der Waals surface area contributed by atoms with E-state index < -0.39 is 0 Å². The Hall–Kier alpha value is -1.35. The minimum atomic E-state index is -0.219. The minimum absolute atomic E-state index is 0.219. The van der Waals surface area contributed by atoms with Crippen LogP contribution in [-0.2, 0) is 17.6 Å². The van der Waals surface area contributed by atoms with Crippen molar-refractivity contribution < 1.29 is 4.79 Å². The fourth-order valence-corrected chi connectivity index (χ4v) is 2.72. The molecule has 0 radical (unpaired) electrons.